The summed E-state index contributed by atoms with van der Waals surface area (Å²) in [5.74, 6) is -1.67. The van der Waals surface area contributed by atoms with Crippen LogP contribution in [0.1, 0.15) is 28.1 Å². The second-order valence-corrected chi connectivity index (χ2v) is 3.69. The largest absolute Gasteiger partial charge is 0.479 e. The smallest absolute Gasteiger partial charge is 0.339 e. The van der Waals surface area contributed by atoms with Gasteiger partial charge in [0.25, 0.3) is 0 Å². The minimum absolute atomic E-state index is 0.0300. The predicted octanol–water partition coefficient (Wildman–Crippen LogP) is 0.871. The van der Waals surface area contributed by atoms with Gasteiger partial charge >= 0.3 is 11.9 Å². The fraction of sp³-hybridized carbons (Fsp3) is 0.273. The van der Waals surface area contributed by atoms with E-state index >= 15 is 0 Å². The number of aliphatic carboxylic acids is 1. The van der Waals surface area contributed by atoms with Crippen LogP contribution in [0.25, 0.3) is 5.70 Å². The number of hydrogen-bond acceptors (Lipinski definition) is 5. The van der Waals surface area contributed by atoms with Gasteiger partial charge < -0.3 is 14.6 Å². The Balaban J connectivity index is 2.18. The molecule has 1 aromatic rings. The van der Waals surface area contributed by atoms with E-state index in [1.807, 2.05) is 0 Å². The molecule has 0 saturated carbocycles. The number of carboxylic acid groups (broad SMARTS) is 2. The van der Waals surface area contributed by atoms with Crippen LogP contribution in [0.5, 0.6) is 0 Å². The standard InChI is InChI=1S/C11H11NO6/c13-9(14)5-18-12-7-2-1-3-8-10(7)6(4-17-8)11(15)16/h2,4,12H,1,3,5H2,(H,13,14)(H,15,16). The summed E-state index contributed by atoms with van der Waals surface area (Å²) in [7, 11) is 0. The van der Waals surface area contributed by atoms with Crippen molar-refractivity contribution in [2.45, 2.75) is 12.8 Å². The highest BCUT2D eigenvalue weighted by molar-refractivity contribution is 5.94. The highest BCUT2D eigenvalue weighted by Gasteiger charge is 2.24. The average molecular weight is 253 g/mol. The van der Waals surface area contributed by atoms with Crippen molar-refractivity contribution in [1.29, 1.82) is 0 Å². The summed E-state index contributed by atoms with van der Waals surface area (Å²) >= 11 is 0. The molecule has 7 nitrogen and oxygen atoms in total. The van der Waals surface area contributed by atoms with Crippen molar-refractivity contribution in [3.8, 4) is 0 Å². The lowest BCUT2D eigenvalue weighted by atomic mass is 9.99. The van der Waals surface area contributed by atoms with Crippen LogP contribution < -0.4 is 5.48 Å². The van der Waals surface area contributed by atoms with Crippen LogP contribution in [0.15, 0.2) is 16.8 Å². The SMILES string of the molecule is O=C(O)CONC1=CCCc2occ(C(=O)O)c21. The third-order valence-corrected chi connectivity index (χ3v) is 2.46. The van der Waals surface area contributed by atoms with Gasteiger partial charge in [0.05, 0.1) is 11.3 Å². The molecule has 96 valence electrons. The molecule has 0 saturated heterocycles. The second-order valence-electron chi connectivity index (χ2n) is 3.69. The fourth-order valence-corrected chi connectivity index (χ4v) is 1.75. The number of furan rings is 1. The fourth-order valence-electron chi connectivity index (χ4n) is 1.75. The van der Waals surface area contributed by atoms with Gasteiger partial charge in [-0.05, 0) is 6.42 Å². The number of hydroxylamine groups is 1. The van der Waals surface area contributed by atoms with Crippen molar-refractivity contribution < 1.29 is 29.1 Å². The number of rotatable bonds is 5. The second kappa shape index (κ2) is 4.92. The third-order valence-electron chi connectivity index (χ3n) is 2.46. The van der Waals surface area contributed by atoms with E-state index < -0.39 is 18.5 Å². The molecule has 0 spiro atoms. The van der Waals surface area contributed by atoms with Crippen LogP contribution in [-0.2, 0) is 16.1 Å². The van der Waals surface area contributed by atoms with E-state index in [4.69, 9.17) is 19.5 Å². The molecule has 7 heteroatoms. The Morgan fingerprint density at radius 2 is 2.22 bits per heavy atom. The molecule has 1 heterocycles. The summed E-state index contributed by atoms with van der Waals surface area (Å²) in [5.41, 5.74) is 3.31. The number of hydrogen-bond donors (Lipinski definition) is 3. The first-order valence-corrected chi connectivity index (χ1v) is 5.23. The molecule has 18 heavy (non-hydrogen) atoms. The Kier molecular flexibility index (Phi) is 3.33. The van der Waals surface area contributed by atoms with E-state index in [0.29, 0.717) is 29.9 Å². The zero-order valence-corrected chi connectivity index (χ0v) is 9.30. The predicted molar refractivity (Wildman–Crippen MR) is 58.7 cm³/mol. The van der Waals surface area contributed by atoms with Crippen molar-refractivity contribution in [1.82, 2.24) is 5.48 Å². The van der Waals surface area contributed by atoms with E-state index in [1.54, 1.807) is 6.08 Å². The van der Waals surface area contributed by atoms with Crippen LogP contribution in [-0.4, -0.2) is 28.8 Å². The molecule has 0 amide bonds. The monoisotopic (exact) mass is 253 g/mol. The van der Waals surface area contributed by atoms with Crippen molar-refractivity contribution in [3.63, 3.8) is 0 Å². The van der Waals surface area contributed by atoms with Crippen LogP contribution in [0.2, 0.25) is 0 Å². The molecule has 0 aromatic carbocycles. The number of aromatic carboxylic acids is 1. The summed E-state index contributed by atoms with van der Waals surface area (Å²) in [6.07, 6.45) is 4.18. The molecule has 0 aliphatic heterocycles. The Hall–Kier alpha value is -2.28. The van der Waals surface area contributed by atoms with Crippen molar-refractivity contribution in [2.24, 2.45) is 0 Å². The van der Waals surface area contributed by atoms with E-state index in [1.165, 1.54) is 6.26 Å². The maximum Gasteiger partial charge on any atom is 0.339 e. The van der Waals surface area contributed by atoms with Crippen LogP contribution in [0.3, 0.4) is 0 Å². The molecule has 1 aromatic heterocycles. The lowest BCUT2D eigenvalue weighted by Crippen LogP contribution is -2.21. The normalized spacial score (nSPS) is 13.7. The van der Waals surface area contributed by atoms with E-state index in [2.05, 4.69) is 5.48 Å². The van der Waals surface area contributed by atoms with Gasteiger partial charge in [0.1, 0.15) is 17.6 Å². The minimum Gasteiger partial charge on any atom is -0.479 e. The summed E-state index contributed by atoms with van der Waals surface area (Å²) in [6, 6.07) is 0. The molecule has 0 bridgehead atoms. The summed E-state index contributed by atoms with van der Waals surface area (Å²) < 4.78 is 5.17. The van der Waals surface area contributed by atoms with E-state index in [9.17, 15) is 9.59 Å². The molecule has 2 rings (SSSR count). The summed E-state index contributed by atoms with van der Waals surface area (Å²) in [6.45, 7) is -0.521. The van der Waals surface area contributed by atoms with Gasteiger partial charge in [-0.1, -0.05) is 6.08 Å². The molecular weight excluding hydrogens is 242 g/mol. The maximum absolute atomic E-state index is 11.0. The van der Waals surface area contributed by atoms with E-state index in [0.717, 1.165) is 0 Å². The van der Waals surface area contributed by atoms with E-state index in [-0.39, 0.29) is 5.56 Å². The first-order valence-electron chi connectivity index (χ1n) is 5.23. The molecule has 0 atom stereocenters. The van der Waals surface area contributed by atoms with Gasteiger partial charge in [-0.3, -0.25) is 10.3 Å². The number of carboxylic acids is 2. The molecule has 0 unspecified atom stereocenters. The average Bonchev–Trinajstić information content (AvgIpc) is 2.73. The van der Waals surface area contributed by atoms with Crippen molar-refractivity contribution in [3.05, 3.63) is 29.2 Å². The Bertz CT molecular complexity index is 516. The van der Waals surface area contributed by atoms with Crippen LogP contribution in [0.4, 0.5) is 0 Å². The highest BCUT2D eigenvalue weighted by atomic mass is 16.7. The Morgan fingerprint density at radius 3 is 2.89 bits per heavy atom. The molecule has 0 radical (unpaired) electrons. The summed E-state index contributed by atoms with van der Waals surface area (Å²) in [4.78, 5) is 26.1. The quantitative estimate of drug-likeness (QED) is 0.668. The van der Waals surface area contributed by atoms with Gasteiger partial charge in [0.15, 0.2) is 6.61 Å². The van der Waals surface area contributed by atoms with Gasteiger partial charge in [-0.15, -0.1) is 0 Å². The Labute approximate surface area is 102 Å². The number of allylic oxidation sites excluding steroid dienone is 1. The molecule has 0 fully saturated rings. The maximum atomic E-state index is 11.0. The topological polar surface area (TPSA) is 109 Å². The molecule has 1 aliphatic carbocycles. The lowest BCUT2D eigenvalue weighted by molar-refractivity contribution is -0.143. The first-order chi connectivity index (χ1) is 8.59. The zero-order valence-electron chi connectivity index (χ0n) is 9.30. The number of nitrogens with one attached hydrogen (secondary N) is 1. The van der Waals surface area contributed by atoms with Gasteiger partial charge in [0.2, 0.25) is 0 Å². The number of aryl methyl sites for hydroxylation is 1. The van der Waals surface area contributed by atoms with Crippen molar-refractivity contribution in [2.75, 3.05) is 6.61 Å². The minimum atomic E-state index is -1.12. The Morgan fingerprint density at radius 1 is 1.44 bits per heavy atom. The van der Waals surface area contributed by atoms with Crippen LogP contribution in [0, 0.1) is 0 Å². The van der Waals surface area contributed by atoms with Gasteiger partial charge in [-0.25, -0.2) is 9.59 Å². The lowest BCUT2D eigenvalue weighted by Gasteiger charge is -2.14. The van der Waals surface area contributed by atoms with Crippen molar-refractivity contribution >= 4 is 17.6 Å². The van der Waals surface area contributed by atoms with Gasteiger partial charge in [-0.2, -0.15) is 0 Å². The molecule has 1 aliphatic rings. The van der Waals surface area contributed by atoms with Gasteiger partial charge in [0, 0.05) is 6.42 Å². The highest BCUT2D eigenvalue weighted by Crippen LogP contribution is 2.29. The number of carbonyl (C=O) groups is 2. The summed E-state index contributed by atoms with van der Waals surface area (Å²) in [5, 5.41) is 17.5. The zero-order chi connectivity index (χ0) is 13.1. The van der Waals surface area contributed by atoms with Crippen LogP contribution >= 0.6 is 0 Å². The first kappa shape index (κ1) is 12.2. The number of fused-ring (bicyclic) bond motifs is 1. The molecular formula is C11H11NO6. The molecule has 3 N–H and O–H groups in total. The third kappa shape index (κ3) is 2.35.